The molecule has 2 nitrogen and oxygen atoms in total. The number of carboxylic acids is 1. The molecule has 1 unspecified atom stereocenters. The molecule has 0 spiro atoms. The summed E-state index contributed by atoms with van der Waals surface area (Å²) in [5, 5.41) is 9.98. The monoisotopic (exact) mass is 272 g/mol. The van der Waals surface area contributed by atoms with E-state index >= 15 is 0 Å². The van der Waals surface area contributed by atoms with E-state index in [1.165, 1.54) is 0 Å². The Balaban J connectivity index is 3.50. The van der Waals surface area contributed by atoms with Crippen LogP contribution in [0.4, 0.5) is 0 Å². The van der Waals surface area contributed by atoms with Gasteiger partial charge in [-0.1, -0.05) is 31.9 Å². The zero-order valence-corrected chi connectivity index (χ0v) is 8.69. The molecule has 0 radical (unpaired) electrons. The van der Waals surface area contributed by atoms with Crippen LogP contribution in [0, 0.1) is 5.92 Å². The summed E-state index contributed by atoms with van der Waals surface area (Å²) in [5.74, 6) is -0.935. The smallest absolute Gasteiger partial charge is 0.307 e. The fourth-order valence-electron chi connectivity index (χ4n) is 0.590. The van der Waals surface area contributed by atoms with Crippen LogP contribution in [0.2, 0.25) is 0 Å². The first-order valence-corrected chi connectivity index (χ1v) is 5.31. The van der Waals surface area contributed by atoms with Gasteiger partial charge in [0.05, 0.1) is 5.92 Å². The Hall–Kier alpha value is 0.430. The Labute approximate surface area is 77.3 Å². The summed E-state index contributed by atoms with van der Waals surface area (Å²) in [6, 6.07) is 0. The third kappa shape index (κ3) is 4.28. The van der Waals surface area contributed by atoms with Crippen molar-refractivity contribution >= 4 is 37.8 Å². The van der Waals surface area contributed by atoms with Crippen molar-refractivity contribution in [3.63, 3.8) is 0 Å². The summed E-state index contributed by atoms with van der Waals surface area (Å²) < 4.78 is 0. The lowest BCUT2D eigenvalue weighted by Crippen LogP contribution is -2.14. The lowest BCUT2D eigenvalue weighted by molar-refractivity contribution is -0.141. The van der Waals surface area contributed by atoms with Gasteiger partial charge in [-0.2, -0.15) is 0 Å². The zero-order chi connectivity index (χ0) is 7.98. The normalized spacial score (nSPS) is 13.0. The van der Waals surface area contributed by atoms with E-state index in [9.17, 15) is 4.79 Å². The molecule has 1 atom stereocenters. The second-order valence-electron chi connectivity index (χ2n) is 2.02. The lowest BCUT2D eigenvalue weighted by Gasteiger charge is -2.05. The van der Waals surface area contributed by atoms with E-state index in [-0.39, 0.29) is 5.92 Å². The highest BCUT2D eigenvalue weighted by molar-refractivity contribution is 9.09. The third-order valence-electron chi connectivity index (χ3n) is 1.22. The maximum Gasteiger partial charge on any atom is 0.307 e. The van der Waals surface area contributed by atoms with Crippen molar-refractivity contribution in [2.24, 2.45) is 5.92 Å². The standard InChI is InChI=1S/C6H10Br2O2/c7-3-1-2-5(4-8)6(9)10/h5H,1-4H2,(H,9,10). The quantitative estimate of drug-likeness (QED) is 0.781. The molecule has 0 aromatic carbocycles. The third-order valence-corrected chi connectivity index (χ3v) is 2.56. The highest BCUT2D eigenvalue weighted by atomic mass is 79.9. The van der Waals surface area contributed by atoms with Crippen LogP contribution < -0.4 is 0 Å². The van der Waals surface area contributed by atoms with Crippen LogP contribution in [0.3, 0.4) is 0 Å². The molecular weight excluding hydrogens is 264 g/mol. The summed E-state index contributed by atoms with van der Waals surface area (Å²) in [7, 11) is 0. The summed E-state index contributed by atoms with van der Waals surface area (Å²) in [4.78, 5) is 10.4. The fraction of sp³-hybridized carbons (Fsp3) is 0.833. The SMILES string of the molecule is O=C(O)C(CBr)CCCBr. The van der Waals surface area contributed by atoms with Gasteiger partial charge in [-0.05, 0) is 12.8 Å². The van der Waals surface area contributed by atoms with Crippen molar-refractivity contribution in [2.45, 2.75) is 12.8 Å². The molecule has 0 aliphatic heterocycles. The molecule has 0 saturated carbocycles. The summed E-state index contributed by atoms with van der Waals surface area (Å²) >= 11 is 6.40. The van der Waals surface area contributed by atoms with Crippen LogP contribution >= 0.6 is 31.9 Å². The molecule has 10 heavy (non-hydrogen) atoms. The molecule has 0 aromatic rings. The maximum absolute atomic E-state index is 10.4. The largest absolute Gasteiger partial charge is 0.481 e. The predicted octanol–water partition coefficient (Wildman–Crippen LogP) is 2.26. The number of carboxylic acid groups (broad SMARTS) is 1. The molecule has 4 heteroatoms. The average molecular weight is 274 g/mol. The summed E-state index contributed by atoms with van der Waals surface area (Å²) in [6.07, 6.45) is 1.66. The Morgan fingerprint density at radius 3 is 2.40 bits per heavy atom. The van der Waals surface area contributed by atoms with Gasteiger partial charge in [0.2, 0.25) is 0 Å². The number of halogens is 2. The van der Waals surface area contributed by atoms with Crippen molar-refractivity contribution in [1.29, 1.82) is 0 Å². The van der Waals surface area contributed by atoms with Gasteiger partial charge in [-0.15, -0.1) is 0 Å². The van der Waals surface area contributed by atoms with Crippen molar-refractivity contribution < 1.29 is 9.90 Å². The minimum absolute atomic E-state index is 0.224. The van der Waals surface area contributed by atoms with E-state index in [2.05, 4.69) is 31.9 Å². The highest BCUT2D eigenvalue weighted by Gasteiger charge is 2.14. The first-order chi connectivity index (χ1) is 4.72. The minimum atomic E-state index is -0.710. The number of hydrogen-bond acceptors (Lipinski definition) is 1. The lowest BCUT2D eigenvalue weighted by atomic mass is 10.1. The van der Waals surface area contributed by atoms with Gasteiger partial charge in [0.25, 0.3) is 0 Å². The predicted molar refractivity (Wildman–Crippen MR) is 47.9 cm³/mol. The number of hydrogen-bond donors (Lipinski definition) is 1. The van der Waals surface area contributed by atoms with E-state index in [1.807, 2.05) is 0 Å². The van der Waals surface area contributed by atoms with Gasteiger partial charge in [0.15, 0.2) is 0 Å². The minimum Gasteiger partial charge on any atom is -0.481 e. The van der Waals surface area contributed by atoms with Gasteiger partial charge >= 0.3 is 5.97 Å². The van der Waals surface area contributed by atoms with E-state index in [0.717, 1.165) is 18.2 Å². The van der Waals surface area contributed by atoms with Gasteiger partial charge < -0.3 is 5.11 Å². The van der Waals surface area contributed by atoms with Crippen LogP contribution in [0.15, 0.2) is 0 Å². The number of rotatable bonds is 5. The van der Waals surface area contributed by atoms with E-state index < -0.39 is 5.97 Å². The first kappa shape index (κ1) is 10.4. The van der Waals surface area contributed by atoms with Gasteiger partial charge in [-0.3, -0.25) is 4.79 Å². The molecule has 0 aliphatic carbocycles. The molecular formula is C6H10Br2O2. The van der Waals surface area contributed by atoms with Crippen LogP contribution in [0.5, 0.6) is 0 Å². The molecule has 0 aliphatic rings. The molecule has 1 N–H and O–H groups in total. The molecule has 0 bridgehead atoms. The second-order valence-corrected chi connectivity index (χ2v) is 3.46. The van der Waals surface area contributed by atoms with E-state index in [4.69, 9.17) is 5.11 Å². The second kappa shape index (κ2) is 6.16. The van der Waals surface area contributed by atoms with Crippen LogP contribution in [0.1, 0.15) is 12.8 Å². The van der Waals surface area contributed by atoms with Crippen LogP contribution in [-0.4, -0.2) is 21.7 Å². The van der Waals surface area contributed by atoms with E-state index in [0.29, 0.717) is 5.33 Å². The molecule has 0 heterocycles. The van der Waals surface area contributed by atoms with Crippen molar-refractivity contribution in [3.8, 4) is 0 Å². The summed E-state index contributed by atoms with van der Waals surface area (Å²) in [5.41, 5.74) is 0. The van der Waals surface area contributed by atoms with Crippen LogP contribution in [-0.2, 0) is 4.79 Å². The Bertz CT molecular complexity index is 106. The van der Waals surface area contributed by atoms with Crippen molar-refractivity contribution in [3.05, 3.63) is 0 Å². The van der Waals surface area contributed by atoms with Crippen molar-refractivity contribution in [2.75, 3.05) is 10.7 Å². The Morgan fingerprint density at radius 2 is 2.10 bits per heavy atom. The van der Waals surface area contributed by atoms with Crippen LogP contribution in [0.25, 0.3) is 0 Å². The van der Waals surface area contributed by atoms with E-state index in [1.54, 1.807) is 0 Å². The topological polar surface area (TPSA) is 37.3 Å². The molecule has 0 aromatic heterocycles. The zero-order valence-electron chi connectivity index (χ0n) is 5.52. The van der Waals surface area contributed by atoms with Gasteiger partial charge in [0.1, 0.15) is 0 Å². The molecule has 0 saturated heterocycles. The van der Waals surface area contributed by atoms with Gasteiger partial charge in [0, 0.05) is 10.7 Å². The first-order valence-electron chi connectivity index (χ1n) is 3.07. The number of aliphatic carboxylic acids is 1. The molecule has 0 amide bonds. The number of alkyl halides is 2. The average Bonchev–Trinajstić information content (AvgIpc) is 1.89. The molecule has 0 fully saturated rings. The van der Waals surface area contributed by atoms with Crippen molar-refractivity contribution in [1.82, 2.24) is 0 Å². The Kier molecular flexibility index (Phi) is 6.43. The fourth-order valence-corrected chi connectivity index (χ4v) is 1.51. The maximum atomic E-state index is 10.4. The highest BCUT2D eigenvalue weighted by Crippen LogP contribution is 2.10. The molecule has 60 valence electrons. The molecule has 0 rings (SSSR count). The number of carbonyl (C=O) groups is 1. The summed E-state index contributed by atoms with van der Waals surface area (Å²) in [6.45, 7) is 0. The van der Waals surface area contributed by atoms with Gasteiger partial charge in [-0.25, -0.2) is 0 Å². The Morgan fingerprint density at radius 1 is 1.50 bits per heavy atom.